The van der Waals surface area contributed by atoms with Crippen molar-refractivity contribution in [1.29, 1.82) is 0 Å². The molecule has 3 heterocycles. The standard InChI is InChI=1S/C28H35N3.Au.ClH/c1-20(2)24-11-9-12-25(21(3)4)28(24)30-18-23-15-14-22-10-8-13-26(27(22)31(23)19-30)29-16-6-5-7-17-29;;/h8-15,20-21,23H,5-7,16-17,19H2,1-4H3;;1H/q;+1;/p-1. The van der Waals surface area contributed by atoms with E-state index < -0.39 is 18.2 Å². The van der Waals surface area contributed by atoms with E-state index in [0.717, 1.165) is 19.8 Å². The van der Waals surface area contributed by atoms with E-state index in [4.69, 9.17) is 9.19 Å². The number of fused-ring (bicyclic) bond motifs is 3. The van der Waals surface area contributed by atoms with E-state index in [1.54, 1.807) is 0 Å². The summed E-state index contributed by atoms with van der Waals surface area (Å²) >= 11 is -0.451. The summed E-state index contributed by atoms with van der Waals surface area (Å²) in [5, 5.41) is 0. The van der Waals surface area contributed by atoms with E-state index >= 15 is 0 Å². The van der Waals surface area contributed by atoms with Crippen molar-refractivity contribution < 1.29 is 18.2 Å². The summed E-state index contributed by atoms with van der Waals surface area (Å²) in [7, 11) is 6.80. The molecule has 3 aliphatic rings. The maximum atomic E-state index is 6.80. The second-order valence-electron chi connectivity index (χ2n) is 10.0. The first-order valence-electron chi connectivity index (χ1n) is 12.3. The number of rotatable bonds is 4. The van der Waals surface area contributed by atoms with Crippen LogP contribution < -0.4 is 14.7 Å². The molecule has 2 aromatic rings. The molecule has 0 radical (unpaired) electrons. The van der Waals surface area contributed by atoms with Gasteiger partial charge < -0.3 is 0 Å². The van der Waals surface area contributed by atoms with Crippen molar-refractivity contribution in [3.05, 3.63) is 59.2 Å². The van der Waals surface area contributed by atoms with Gasteiger partial charge in [-0.25, -0.2) is 0 Å². The molecule has 5 rings (SSSR count). The second-order valence-corrected chi connectivity index (χ2v) is 12.5. The molecule has 1 atom stereocenters. The summed E-state index contributed by atoms with van der Waals surface area (Å²) in [6.07, 6.45) is 8.64. The number of para-hydroxylation sites is 2. The molecular weight excluding hydrogens is 611 g/mol. The van der Waals surface area contributed by atoms with Gasteiger partial charge in [0.1, 0.15) is 0 Å². The van der Waals surface area contributed by atoms with E-state index in [1.165, 1.54) is 56.9 Å². The molecule has 3 nitrogen and oxygen atoms in total. The molecule has 0 saturated carbocycles. The normalized spacial score (nSPS) is 21.8. The summed E-state index contributed by atoms with van der Waals surface area (Å²) < 4.78 is 1.39. The van der Waals surface area contributed by atoms with Crippen LogP contribution in [-0.2, 0) is 18.2 Å². The van der Waals surface area contributed by atoms with Gasteiger partial charge in [0.15, 0.2) is 0 Å². The number of nitrogens with zero attached hydrogens (tertiary/aromatic N) is 3. The van der Waals surface area contributed by atoms with Gasteiger partial charge in [-0.1, -0.05) is 0 Å². The van der Waals surface area contributed by atoms with Crippen LogP contribution in [-0.4, -0.2) is 29.6 Å². The SMILES string of the molecule is CC(C)c1cccc(C(C)C)c1N1CN2c3c(cccc3N3CCCCC3)C=CC2[C]1=[Au][Cl]. The number of anilines is 3. The van der Waals surface area contributed by atoms with E-state index in [9.17, 15) is 0 Å². The van der Waals surface area contributed by atoms with Crippen LogP contribution in [0.1, 0.15) is 75.5 Å². The second kappa shape index (κ2) is 9.62. The molecule has 2 saturated heterocycles. The van der Waals surface area contributed by atoms with Crippen molar-refractivity contribution in [2.75, 3.05) is 34.5 Å². The quantitative estimate of drug-likeness (QED) is 0.333. The molecule has 33 heavy (non-hydrogen) atoms. The fourth-order valence-electron chi connectivity index (χ4n) is 5.60. The third kappa shape index (κ3) is 4.12. The van der Waals surface area contributed by atoms with Crippen molar-refractivity contribution in [1.82, 2.24) is 0 Å². The zero-order chi connectivity index (χ0) is 23.1. The summed E-state index contributed by atoms with van der Waals surface area (Å²) in [5.74, 6) is 0.938. The van der Waals surface area contributed by atoms with Crippen LogP contribution >= 0.6 is 9.19 Å². The van der Waals surface area contributed by atoms with Crippen molar-refractivity contribution in [3.63, 3.8) is 0 Å². The molecule has 2 aromatic carbocycles. The Bertz CT molecular complexity index is 1060. The number of hydrogen-bond donors (Lipinski definition) is 0. The van der Waals surface area contributed by atoms with Crippen LogP contribution in [0, 0.1) is 0 Å². The number of halogens is 1. The fourth-order valence-corrected chi connectivity index (χ4v) is 8.06. The van der Waals surface area contributed by atoms with Gasteiger partial charge >= 0.3 is 213 Å². The molecule has 3 aliphatic heterocycles. The van der Waals surface area contributed by atoms with Crippen LogP contribution in [0.25, 0.3) is 6.08 Å². The zero-order valence-corrected chi connectivity index (χ0v) is 23.0. The Balaban J connectivity index is 1.62. The predicted molar refractivity (Wildman–Crippen MR) is 141 cm³/mol. The summed E-state index contributed by atoms with van der Waals surface area (Å²) in [4.78, 5) is 7.81. The first-order valence-corrected chi connectivity index (χ1v) is 16.1. The molecule has 0 aliphatic carbocycles. The van der Waals surface area contributed by atoms with Gasteiger partial charge in [-0.2, -0.15) is 0 Å². The molecule has 0 aromatic heterocycles. The minimum atomic E-state index is -0.451. The topological polar surface area (TPSA) is 9.72 Å². The molecule has 180 valence electrons. The Labute approximate surface area is 212 Å². The van der Waals surface area contributed by atoms with Gasteiger partial charge in [-0.3, -0.25) is 0 Å². The van der Waals surface area contributed by atoms with Crippen LogP contribution in [0.15, 0.2) is 42.5 Å². The van der Waals surface area contributed by atoms with Gasteiger partial charge in [-0.15, -0.1) is 0 Å². The Morgan fingerprint density at radius 1 is 0.879 bits per heavy atom. The van der Waals surface area contributed by atoms with E-state index in [0.29, 0.717) is 11.8 Å². The zero-order valence-electron chi connectivity index (χ0n) is 20.1. The van der Waals surface area contributed by atoms with Crippen LogP contribution in [0.4, 0.5) is 17.1 Å². The van der Waals surface area contributed by atoms with Crippen LogP contribution in [0.3, 0.4) is 0 Å². The average Bonchev–Trinajstić information content (AvgIpc) is 3.22. The summed E-state index contributed by atoms with van der Waals surface area (Å²) in [6.45, 7) is 12.4. The molecule has 0 amide bonds. The summed E-state index contributed by atoms with van der Waals surface area (Å²) in [5.41, 5.74) is 8.39. The molecular formula is C28H35AuClN3. The van der Waals surface area contributed by atoms with Crippen LogP contribution in [0.5, 0.6) is 0 Å². The van der Waals surface area contributed by atoms with Crippen molar-refractivity contribution in [2.24, 2.45) is 0 Å². The van der Waals surface area contributed by atoms with Crippen molar-refractivity contribution >= 4 is 36.2 Å². The Morgan fingerprint density at radius 2 is 1.55 bits per heavy atom. The van der Waals surface area contributed by atoms with E-state index in [-0.39, 0.29) is 6.04 Å². The van der Waals surface area contributed by atoms with Gasteiger partial charge in [0.25, 0.3) is 0 Å². The van der Waals surface area contributed by atoms with Gasteiger partial charge in [-0.05, 0) is 0 Å². The van der Waals surface area contributed by atoms with Crippen molar-refractivity contribution in [2.45, 2.75) is 64.8 Å². The monoisotopic (exact) mass is 645 g/mol. The number of hydrogen-bond acceptors (Lipinski definition) is 3. The Morgan fingerprint density at radius 3 is 2.18 bits per heavy atom. The maximum absolute atomic E-state index is 6.80. The molecule has 0 N–H and O–H groups in total. The first-order chi connectivity index (χ1) is 16.0. The fraction of sp³-hybridized carbons (Fsp3) is 0.464. The molecule has 0 bridgehead atoms. The molecule has 2 fully saturated rings. The van der Waals surface area contributed by atoms with Gasteiger partial charge in [0, 0.05) is 0 Å². The minimum absolute atomic E-state index is 0.253. The van der Waals surface area contributed by atoms with Crippen LogP contribution in [0.2, 0.25) is 0 Å². The summed E-state index contributed by atoms with van der Waals surface area (Å²) in [6, 6.07) is 13.9. The van der Waals surface area contributed by atoms with E-state index in [2.05, 4.69) is 90.9 Å². The molecule has 5 heteroatoms. The molecule has 0 spiro atoms. The Kier molecular flexibility index (Phi) is 6.77. The molecule has 1 unspecified atom stereocenters. The third-order valence-corrected chi connectivity index (χ3v) is 9.85. The van der Waals surface area contributed by atoms with Gasteiger partial charge in [0.2, 0.25) is 0 Å². The first kappa shape index (κ1) is 23.2. The predicted octanol–water partition coefficient (Wildman–Crippen LogP) is 6.97. The van der Waals surface area contributed by atoms with E-state index in [1.807, 2.05) is 0 Å². The van der Waals surface area contributed by atoms with Crippen molar-refractivity contribution in [3.8, 4) is 0 Å². The average molecular weight is 646 g/mol. The number of benzene rings is 2. The Hall–Kier alpha value is -1.52. The third-order valence-electron chi connectivity index (χ3n) is 7.25. The van der Waals surface area contributed by atoms with Gasteiger partial charge in [0.05, 0.1) is 0 Å². The number of piperidine rings is 1.